The van der Waals surface area contributed by atoms with Gasteiger partial charge in [-0.05, 0) is 45.1 Å². The van der Waals surface area contributed by atoms with E-state index < -0.39 is 8.07 Å². The third-order valence-corrected chi connectivity index (χ3v) is 11.9. The molecular weight excluding hydrogens is 334 g/mol. The zero-order valence-electron chi connectivity index (χ0n) is 16.9. The quantitative estimate of drug-likeness (QED) is 0.556. The molecule has 26 heavy (non-hydrogen) atoms. The smallest absolute Gasteiger partial charge is 0.221 e. The van der Waals surface area contributed by atoms with Gasteiger partial charge in [0.2, 0.25) is 5.91 Å². The van der Waals surface area contributed by atoms with Gasteiger partial charge in [-0.1, -0.05) is 71.7 Å². The van der Waals surface area contributed by atoms with Crippen LogP contribution in [0.1, 0.15) is 52.7 Å². The molecule has 0 fully saturated rings. The molecule has 2 N–H and O–H groups in total. The van der Waals surface area contributed by atoms with E-state index in [0.29, 0.717) is 16.6 Å². The second-order valence-corrected chi connectivity index (χ2v) is 13.7. The minimum atomic E-state index is -1.82. The lowest BCUT2D eigenvalue weighted by molar-refractivity contribution is -0.117. The fourth-order valence-electron chi connectivity index (χ4n) is 4.35. The number of benzene rings is 2. The van der Waals surface area contributed by atoms with E-state index in [1.54, 1.807) is 0 Å². The van der Waals surface area contributed by atoms with E-state index in [1.165, 1.54) is 0 Å². The molecule has 2 nitrogen and oxygen atoms in total. The summed E-state index contributed by atoms with van der Waals surface area (Å²) in [5.41, 5.74) is 12.9. The Morgan fingerprint density at radius 1 is 0.962 bits per heavy atom. The molecule has 0 heterocycles. The summed E-state index contributed by atoms with van der Waals surface area (Å²) in [5.74, 6) is 3.18. The number of carbonyl (C=O) groups excluding carboxylic acids is 1. The Labute approximate surface area is 159 Å². The summed E-state index contributed by atoms with van der Waals surface area (Å²) >= 11 is 0. The zero-order valence-corrected chi connectivity index (χ0v) is 17.9. The van der Waals surface area contributed by atoms with Gasteiger partial charge in [0.15, 0.2) is 0 Å². The van der Waals surface area contributed by atoms with E-state index in [-0.39, 0.29) is 12.3 Å². The largest absolute Gasteiger partial charge is 0.369 e. The topological polar surface area (TPSA) is 43.1 Å². The van der Waals surface area contributed by atoms with E-state index >= 15 is 0 Å². The van der Waals surface area contributed by atoms with Crippen molar-refractivity contribution in [1.82, 2.24) is 0 Å². The van der Waals surface area contributed by atoms with Crippen LogP contribution < -0.4 is 5.73 Å². The summed E-state index contributed by atoms with van der Waals surface area (Å²) in [4.78, 5) is 11.6. The van der Waals surface area contributed by atoms with E-state index in [9.17, 15) is 4.79 Å². The van der Waals surface area contributed by atoms with Crippen LogP contribution in [0.5, 0.6) is 0 Å². The molecule has 0 unspecified atom stereocenters. The van der Waals surface area contributed by atoms with Gasteiger partial charge in [-0.15, -0.1) is 5.54 Å². The second kappa shape index (κ2) is 8.10. The molecule has 0 aliphatic carbocycles. The van der Waals surface area contributed by atoms with Crippen molar-refractivity contribution in [2.24, 2.45) is 5.73 Å². The molecule has 0 aliphatic rings. The van der Waals surface area contributed by atoms with Gasteiger partial charge >= 0.3 is 0 Å². The molecule has 0 aliphatic heterocycles. The summed E-state index contributed by atoms with van der Waals surface area (Å²) in [6.07, 6.45) is 0.231. The number of nitrogens with two attached hydrogens (primary N) is 1. The van der Waals surface area contributed by atoms with Gasteiger partial charge in [-0.3, -0.25) is 4.79 Å². The fourth-order valence-corrected chi connectivity index (χ4v) is 9.56. The Morgan fingerprint density at radius 3 is 1.92 bits per heavy atom. The van der Waals surface area contributed by atoms with Crippen LogP contribution in [0.4, 0.5) is 0 Å². The van der Waals surface area contributed by atoms with Gasteiger partial charge in [0.1, 0.15) is 8.07 Å². The molecule has 2 aromatic rings. The average molecular weight is 366 g/mol. The van der Waals surface area contributed by atoms with Crippen molar-refractivity contribution in [3.05, 3.63) is 47.5 Å². The number of carbonyl (C=O) groups is 1. The third kappa shape index (κ3) is 4.02. The Kier molecular flexibility index (Phi) is 6.31. The van der Waals surface area contributed by atoms with Gasteiger partial charge in [-0.2, -0.15) is 0 Å². The van der Waals surface area contributed by atoms with Crippen LogP contribution >= 0.6 is 0 Å². The molecule has 0 saturated carbocycles. The molecule has 2 rings (SSSR count). The van der Waals surface area contributed by atoms with Crippen LogP contribution in [-0.4, -0.2) is 14.0 Å². The summed E-state index contributed by atoms with van der Waals surface area (Å²) < 4.78 is 0. The van der Waals surface area contributed by atoms with E-state index in [4.69, 9.17) is 5.73 Å². The van der Waals surface area contributed by atoms with Crippen molar-refractivity contribution in [2.45, 2.75) is 64.6 Å². The van der Waals surface area contributed by atoms with Crippen molar-refractivity contribution < 1.29 is 4.79 Å². The Morgan fingerprint density at radius 2 is 1.46 bits per heavy atom. The minimum absolute atomic E-state index is 0.231. The molecule has 0 bridgehead atoms. The van der Waals surface area contributed by atoms with Crippen LogP contribution in [0.15, 0.2) is 36.4 Å². The highest BCUT2D eigenvalue weighted by molar-refractivity contribution is 6.90. The predicted molar refractivity (Wildman–Crippen MR) is 115 cm³/mol. The minimum Gasteiger partial charge on any atom is -0.369 e. The highest BCUT2D eigenvalue weighted by atomic mass is 28.3. The van der Waals surface area contributed by atoms with Gasteiger partial charge in [0.25, 0.3) is 0 Å². The number of primary amides is 1. The highest BCUT2D eigenvalue weighted by Gasteiger charge is 2.41. The predicted octanol–water partition coefficient (Wildman–Crippen LogP) is 5.44. The maximum Gasteiger partial charge on any atom is 0.221 e. The first-order chi connectivity index (χ1) is 12.2. The van der Waals surface area contributed by atoms with E-state index in [2.05, 4.69) is 77.3 Å². The lowest BCUT2D eigenvalue weighted by Crippen LogP contribution is -2.43. The molecule has 1 amide bonds. The zero-order chi connectivity index (χ0) is 19.5. The van der Waals surface area contributed by atoms with Crippen molar-refractivity contribution in [2.75, 3.05) is 0 Å². The summed E-state index contributed by atoms with van der Waals surface area (Å²) in [5, 5.41) is 2.27. The summed E-state index contributed by atoms with van der Waals surface area (Å²) in [6, 6.07) is 12.4. The van der Waals surface area contributed by atoms with E-state index in [0.717, 1.165) is 21.9 Å². The van der Waals surface area contributed by atoms with Gasteiger partial charge in [0, 0.05) is 5.56 Å². The van der Waals surface area contributed by atoms with Crippen LogP contribution in [0.2, 0.25) is 16.6 Å². The summed E-state index contributed by atoms with van der Waals surface area (Å²) in [7, 11) is -1.82. The first-order valence-corrected chi connectivity index (χ1v) is 11.7. The van der Waals surface area contributed by atoms with Crippen molar-refractivity contribution in [1.29, 1.82) is 0 Å². The first kappa shape index (κ1) is 20.3. The Balaban J connectivity index is 2.65. The third-order valence-electron chi connectivity index (χ3n) is 5.62. The van der Waals surface area contributed by atoms with E-state index in [1.807, 2.05) is 12.1 Å². The van der Waals surface area contributed by atoms with Crippen LogP contribution in [0, 0.1) is 11.5 Å². The number of hydrogen-bond donors (Lipinski definition) is 1. The van der Waals surface area contributed by atoms with Gasteiger partial charge < -0.3 is 5.73 Å². The maximum absolute atomic E-state index is 11.6. The number of fused-ring (bicyclic) bond motifs is 1. The highest BCUT2D eigenvalue weighted by Crippen LogP contribution is 2.40. The summed E-state index contributed by atoms with van der Waals surface area (Å²) in [6.45, 7) is 13.9. The average Bonchev–Trinajstić information content (AvgIpc) is 2.54. The maximum atomic E-state index is 11.6. The molecule has 0 atom stereocenters. The molecular formula is C23H31NOSi. The lowest BCUT2D eigenvalue weighted by atomic mass is 9.99. The van der Waals surface area contributed by atoms with Crippen LogP contribution in [-0.2, 0) is 11.2 Å². The molecule has 0 aromatic heterocycles. The van der Waals surface area contributed by atoms with Gasteiger partial charge in [-0.25, -0.2) is 0 Å². The van der Waals surface area contributed by atoms with Crippen molar-refractivity contribution in [3.63, 3.8) is 0 Å². The number of hydrogen-bond acceptors (Lipinski definition) is 1. The molecule has 3 heteroatoms. The monoisotopic (exact) mass is 365 g/mol. The lowest BCUT2D eigenvalue weighted by Gasteiger charge is -2.38. The van der Waals surface area contributed by atoms with Crippen molar-refractivity contribution in [3.8, 4) is 11.5 Å². The van der Waals surface area contributed by atoms with Crippen LogP contribution in [0.25, 0.3) is 10.8 Å². The molecule has 0 saturated heterocycles. The molecule has 0 spiro atoms. The Bertz CT molecular complexity index is 834. The van der Waals surface area contributed by atoms with Crippen molar-refractivity contribution >= 4 is 24.8 Å². The fraction of sp³-hybridized carbons (Fsp3) is 0.435. The standard InChI is InChI=1S/C23H31NOSi/c1-16(2)26(17(3)4,18(5)6)12-11-21-13-19-9-7-8-10-20(19)14-22(21)15-23(24)25/h7-10,13-14,16-18H,15H2,1-6H3,(H2,24,25). The van der Waals surface area contributed by atoms with Gasteiger partial charge in [0.05, 0.1) is 6.42 Å². The number of amides is 1. The molecule has 138 valence electrons. The van der Waals surface area contributed by atoms with Crippen LogP contribution in [0.3, 0.4) is 0 Å². The Hall–Kier alpha value is -2.05. The molecule has 2 aromatic carbocycles. The normalized spacial score (nSPS) is 11.9. The second-order valence-electron chi connectivity index (χ2n) is 8.15. The molecule has 0 radical (unpaired) electrons. The first-order valence-electron chi connectivity index (χ1n) is 9.51. The number of rotatable bonds is 5. The SMILES string of the molecule is CC(C)[Si](C#Cc1cc2ccccc2cc1CC(N)=O)(C(C)C)C(C)C.